The Morgan fingerprint density at radius 3 is 2.44 bits per heavy atom. The maximum absolute atomic E-state index is 12.7. The van der Waals surface area contributed by atoms with Crippen LogP contribution in [0.25, 0.3) is 0 Å². The number of carbonyl (C=O) groups excluding carboxylic acids is 1. The average molecular weight is 416 g/mol. The molecule has 0 bridgehead atoms. The summed E-state index contributed by atoms with van der Waals surface area (Å²) in [5.41, 5.74) is 0.538. The Balaban J connectivity index is 0.00000210. The van der Waals surface area contributed by atoms with E-state index >= 15 is 0 Å². The monoisotopic (exact) mass is 415 g/mol. The van der Waals surface area contributed by atoms with Crippen molar-refractivity contribution < 1.29 is 17.9 Å². The molecule has 0 spiro atoms. The summed E-state index contributed by atoms with van der Waals surface area (Å²) in [6, 6.07) is 6.22. The van der Waals surface area contributed by atoms with Gasteiger partial charge in [0.2, 0.25) is 10.0 Å². The number of carbonyl (C=O) groups is 1. The van der Waals surface area contributed by atoms with Gasteiger partial charge in [-0.1, -0.05) is 0 Å². The minimum Gasteiger partial charge on any atom is -0.377 e. The van der Waals surface area contributed by atoms with Gasteiger partial charge in [0, 0.05) is 44.9 Å². The van der Waals surface area contributed by atoms with E-state index in [1.165, 1.54) is 12.1 Å². The largest absolute Gasteiger partial charge is 0.377 e. The molecule has 150 valence electrons. The lowest BCUT2D eigenvalue weighted by Gasteiger charge is -2.18. The van der Waals surface area contributed by atoms with Crippen LogP contribution in [0.4, 0.5) is 0 Å². The lowest BCUT2D eigenvalue weighted by atomic mass is 10.0. The standard InChI is InChI=1S/C18H25N3O4S.ClH/c22-18(21-11-14-8-19-9-15(14)12-21)13-3-5-17(6-4-13)26(23,24)20-10-16-2-1-7-25-16;/h3-6,14-16,19-20H,1-2,7-12H2;1H/t14-,15+,16?;. The fraction of sp³-hybridized carbons (Fsp3) is 0.611. The van der Waals surface area contributed by atoms with E-state index in [4.69, 9.17) is 4.74 Å². The first-order valence-corrected chi connectivity index (χ1v) is 10.7. The van der Waals surface area contributed by atoms with E-state index in [0.717, 1.165) is 39.0 Å². The Labute approximate surface area is 166 Å². The molecule has 9 heteroatoms. The van der Waals surface area contributed by atoms with E-state index in [1.807, 2.05) is 4.90 Å². The molecule has 3 heterocycles. The second-order valence-corrected chi connectivity index (χ2v) is 9.17. The molecule has 1 aromatic rings. The lowest BCUT2D eigenvalue weighted by Crippen LogP contribution is -2.32. The van der Waals surface area contributed by atoms with Crippen molar-refractivity contribution in [1.82, 2.24) is 14.9 Å². The van der Waals surface area contributed by atoms with E-state index in [-0.39, 0.29) is 35.9 Å². The highest BCUT2D eigenvalue weighted by Gasteiger charge is 2.38. The topological polar surface area (TPSA) is 87.7 Å². The van der Waals surface area contributed by atoms with Crippen molar-refractivity contribution in [3.63, 3.8) is 0 Å². The van der Waals surface area contributed by atoms with Crippen LogP contribution in [0.1, 0.15) is 23.2 Å². The Bertz CT molecular complexity index is 753. The molecule has 3 aliphatic heterocycles. The van der Waals surface area contributed by atoms with Crippen LogP contribution in [-0.2, 0) is 14.8 Å². The van der Waals surface area contributed by atoms with Crippen LogP contribution in [-0.4, -0.2) is 64.7 Å². The van der Waals surface area contributed by atoms with Gasteiger partial charge in [0.25, 0.3) is 5.91 Å². The number of nitrogens with one attached hydrogen (secondary N) is 2. The second-order valence-electron chi connectivity index (χ2n) is 7.40. The predicted octanol–water partition coefficient (Wildman–Crippen LogP) is 0.857. The van der Waals surface area contributed by atoms with Gasteiger partial charge in [-0.25, -0.2) is 13.1 Å². The van der Waals surface area contributed by atoms with Crippen molar-refractivity contribution in [1.29, 1.82) is 0 Å². The van der Waals surface area contributed by atoms with Gasteiger partial charge < -0.3 is 15.0 Å². The SMILES string of the molecule is Cl.O=C(c1ccc(S(=O)(=O)NCC2CCCO2)cc1)N1C[C@H]2CNC[C@H]2C1. The number of halogens is 1. The number of fused-ring (bicyclic) bond motifs is 1. The molecule has 0 aromatic heterocycles. The number of hydrogen-bond acceptors (Lipinski definition) is 5. The predicted molar refractivity (Wildman–Crippen MR) is 104 cm³/mol. The lowest BCUT2D eigenvalue weighted by molar-refractivity contribution is 0.0781. The van der Waals surface area contributed by atoms with Crippen molar-refractivity contribution in [2.45, 2.75) is 23.8 Å². The number of amides is 1. The molecule has 0 saturated carbocycles. The highest BCUT2D eigenvalue weighted by Crippen LogP contribution is 2.27. The van der Waals surface area contributed by atoms with Crippen LogP contribution in [0.5, 0.6) is 0 Å². The van der Waals surface area contributed by atoms with Crippen LogP contribution in [0.2, 0.25) is 0 Å². The third-order valence-corrected chi connectivity index (χ3v) is 7.05. The molecule has 3 aliphatic rings. The van der Waals surface area contributed by atoms with Gasteiger partial charge in [0.15, 0.2) is 0 Å². The molecule has 4 rings (SSSR count). The van der Waals surface area contributed by atoms with Gasteiger partial charge in [-0.15, -0.1) is 12.4 Å². The number of sulfonamides is 1. The highest BCUT2D eigenvalue weighted by molar-refractivity contribution is 7.89. The van der Waals surface area contributed by atoms with E-state index in [1.54, 1.807) is 12.1 Å². The van der Waals surface area contributed by atoms with Gasteiger partial charge in [-0.05, 0) is 48.9 Å². The summed E-state index contributed by atoms with van der Waals surface area (Å²) in [4.78, 5) is 14.7. The Hall–Kier alpha value is -1.19. The van der Waals surface area contributed by atoms with Gasteiger partial charge in [0.1, 0.15) is 0 Å². The van der Waals surface area contributed by atoms with Crippen LogP contribution in [0, 0.1) is 11.8 Å². The first-order chi connectivity index (χ1) is 12.5. The summed E-state index contributed by atoms with van der Waals surface area (Å²) in [5, 5.41) is 3.36. The minimum atomic E-state index is -3.58. The fourth-order valence-corrected chi connectivity index (χ4v) is 5.14. The van der Waals surface area contributed by atoms with E-state index < -0.39 is 10.0 Å². The number of nitrogens with zero attached hydrogens (tertiary/aromatic N) is 1. The summed E-state index contributed by atoms with van der Waals surface area (Å²) in [6.45, 7) is 4.48. The quantitative estimate of drug-likeness (QED) is 0.744. The molecule has 3 saturated heterocycles. The summed E-state index contributed by atoms with van der Waals surface area (Å²) in [6.07, 6.45) is 1.80. The molecule has 1 amide bonds. The zero-order chi connectivity index (χ0) is 18.1. The molecule has 2 N–H and O–H groups in total. The van der Waals surface area contributed by atoms with Gasteiger partial charge in [-0.2, -0.15) is 0 Å². The molecule has 1 aromatic carbocycles. The Morgan fingerprint density at radius 1 is 1.19 bits per heavy atom. The Kier molecular flexibility index (Phi) is 6.43. The molecular formula is C18H26ClN3O4S. The molecule has 27 heavy (non-hydrogen) atoms. The van der Waals surface area contributed by atoms with Crippen molar-refractivity contribution in [3.05, 3.63) is 29.8 Å². The second kappa shape index (κ2) is 8.45. The number of likely N-dealkylation sites (tertiary alicyclic amines) is 1. The van der Waals surface area contributed by atoms with Gasteiger partial charge >= 0.3 is 0 Å². The Morgan fingerprint density at radius 2 is 1.85 bits per heavy atom. The van der Waals surface area contributed by atoms with E-state index in [2.05, 4.69) is 10.0 Å². The number of hydrogen-bond donors (Lipinski definition) is 2. The molecule has 3 fully saturated rings. The molecule has 0 radical (unpaired) electrons. The minimum absolute atomic E-state index is 0. The third kappa shape index (κ3) is 4.46. The van der Waals surface area contributed by atoms with Crippen molar-refractivity contribution in [3.8, 4) is 0 Å². The van der Waals surface area contributed by atoms with Crippen LogP contribution >= 0.6 is 12.4 Å². The highest BCUT2D eigenvalue weighted by atomic mass is 35.5. The van der Waals surface area contributed by atoms with Crippen LogP contribution in [0.3, 0.4) is 0 Å². The van der Waals surface area contributed by atoms with E-state index in [9.17, 15) is 13.2 Å². The maximum atomic E-state index is 12.7. The smallest absolute Gasteiger partial charge is 0.253 e. The molecule has 3 atom stereocenters. The average Bonchev–Trinajstić information content (AvgIpc) is 3.36. The van der Waals surface area contributed by atoms with Gasteiger partial charge in [0.05, 0.1) is 11.0 Å². The van der Waals surface area contributed by atoms with Crippen LogP contribution in [0.15, 0.2) is 29.2 Å². The normalized spacial score (nSPS) is 27.4. The van der Waals surface area contributed by atoms with Crippen molar-refractivity contribution in [2.24, 2.45) is 11.8 Å². The fourth-order valence-electron chi connectivity index (χ4n) is 4.07. The molecular weight excluding hydrogens is 390 g/mol. The first-order valence-electron chi connectivity index (χ1n) is 9.24. The van der Waals surface area contributed by atoms with Crippen molar-refractivity contribution in [2.75, 3.05) is 39.3 Å². The van der Waals surface area contributed by atoms with Gasteiger partial charge in [-0.3, -0.25) is 4.79 Å². The zero-order valence-corrected chi connectivity index (χ0v) is 16.7. The molecule has 7 nitrogen and oxygen atoms in total. The molecule has 1 unspecified atom stereocenters. The first kappa shape index (κ1) is 20.5. The van der Waals surface area contributed by atoms with Crippen molar-refractivity contribution >= 4 is 28.3 Å². The third-order valence-electron chi connectivity index (χ3n) is 5.61. The number of benzene rings is 1. The molecule has 0 aliphatic carbocycles. The zero-order valence-electron chi connectivity index (χ0n) is 15.1. The number of rotatable bonds is 5. The maximum Gasteiger partial charge on any atom is 0.253 e. The summed E-state index contributed by atoms with van der Waals surface area (Å²) >= 11 is 0. The summed E-state index contributed by atoms with van der Waals surface area (Å²) < 4.78 is 32.8. The summed E-state index contributed by atoms with van der Waals surface area (Å²) in [7, 11) is -3.58. The summed E-state index contributed by atoms with van der Waals surface area (Å²) in [5.74, 6) is 1.07. The number of ether oxygens (including phenoxy) is 1. The van der Waals surface area contributed by atoms with E-state index in [0.29, 0.717) is 24.0 Å². The van der Waals surface area contributed by atoms with Crippen LogP contribution < -0.4 is 10.0 Å².